The molecule has 18 heavy (non-hydrogen) atoms. The molecule has 6 heteroatoms. The van der Waals surface area contributed by atoms with Gasteiger partial charge in [-0.2, -0.15) is 4.31 Å². The SMILES string of the molecule is CCNCC1CCCCN1S(=O)(=O)CCCOC. The van der Waals surface area contributed by atoms with Crippen molar-refractivity contribution in [3.63, 3.8) is 0 Å². The smallest absolute Gasteiger partial charge is 0.214 e. The summed E-state index contributed by atoms with van der Waals surface area (Å²) in [6.07, 6.45) is 3.64. The third-order valence-corrected chi connectivity index (χ3v) is 5.31. The molecular weight excluding hydrogens is 252 g/mol. The molecule has 1 fully saturated rings. The molecule has 1 saturated heterocycles. The van der Waals surface area contributed by atoms with Gasteiger partial charge in [-0.25, -0.2) is 8.42 Å². The van der Waals surface area contributed by atoms with Gasteiger partial charge in [0, 0.05) is 32.8 Å². The Morgan fingerprint density at radius 3 is 2.83 bits per heavy atom. The second-order valence-corrected chi connectivity index (χ2v) is 6.77. The zero-order valence-corrected chi connectivity index (χ0v) is 12.3. The highest BCUT2D eigenvalue weighted by Gasteiger charge is 2.31. The molecule has 0 aromatic rings. The lowest BCUT2D eigenvalue weighted by molar-refractivity contribution is 0.198. The van der Waals surface area contributed by atoms with Crippen LogP contribution in [0.25, 0.3) is 0 Å². The Labute approximate surface area is 111 Å². The van der Waals surface area contributed by atoms with Crippen LogP contribution in [0.2, 0.25) is 0 Å². The van der Waals surface area contributed by atoms with E-state index in [4.69, 9.17) is 4.74 Å². The number of hydrogen-bond donors (Lipinski definition) is 1. The molecule has 1 rings (SSSR count). The number of methoxy groups -OCH3 is 1. The number of nitrogens with zero attached hydrogens (tertiary/aromatic N) is 1. The molecule has 0 bridgehead atoms. The lowest BCUT2D eigenvalue weighted by Crippen LogP contribution is -2.49. The van der Waals surface area contributed by atoms with Crippen molar-refractivity contribution >= 4 is 10.0 Å². The van der Waals surface area contributed by atoms with Crippen LogP contribution in [0.1, 0.15) is 32.6 Å². The quantitative estimate of drug-likeness (QED) is 0.668. The molecule has 1 heterocycles. The summed E-state index contributed by atoms with van der Waals surface area (Å²) in [5.74, 6) is 0.198. The van der Waals surface area contributed by atoms with Crippen LogP contribution in [0.4, 0.5) is 0 Å². The molecule has 0 radical (unpaired) electrons. The predicted molar refractivity (Wildman–Crippen MR) is 73.2 cm³/mol. The molecular formula is C12H26N2O3S. The van der Waals surface area contributed by atoms with Crippen molar-refractivity contribution < 1.29 is 13.2 Å². The highest BCUT2D eigenvalue weighted by molar-refractivity contribution is 7.89. The summed E-state index contributed by atoms with van der Waals surface area (Å²) in [6.45, 7) is 4.87. The van der Waals surface area contributed by atoms with Crippen molar-refractivity contribution in [2.24, 2.45) is 0 Å². The maximum Gasteiger partial charge on any atom is 0.214 e. The van der Waals surface area contributed by atoms with E-state index in [0.29, 0.717) is 19.6 Å². The maximum atomic E-state index is 12.3. The number of piperidine rings is 1. The summed E-state index contributed by atoms with van der Waals surface area (Å²) < 4.78 is 31.2. The zero-order valence-electron chi connectivity index (χ0n) is 11.5. The Bertz CT molecular complexity index is 319. The van der Waals surface area contributed by atoms with Crippen LogP contribution in [-0.2, 0) is 14.8 Å². The molecule has 0 aromatic heterocycles. The maximum absolute atomic E-state index is 12.3. The monoisotopic (exact) mass is 278 g/mol. The number of nitrogens with one attached hydrogen (secondary N) is 1. The molecule has 0 amide bonds. The Balaban J connectivity index is 2.57. The minimum absolute atomic E-state index is 0.131. The van der Waals surface area contributed by atoms with Gasteiger partial charge in [0.25, 0.3) is 0 Å². The molecule has 1 aliphatic heterocycles. The van der Waals surface area contributed by atoms with Gasteiger partial charge in [0.05, 0.1) is 5.75 Å². The molecule has 108 valence electrons. The Morgan fingerprint density at radius 1 is 1.39 bits per heavy atom. The van der Waals surface area contributed by atoms with Gasteiger partial charge in [0.15, 0.2) is 0 Å². The molecule has 1 unspecified atom stereocenters. The van der Waals surface area contributed by atoms with E-state index < -0.39 is 10.0 Å². The van der Waals surface area contributed by atoms with Crippen LogP contribution < -0.4 is 5.32 Å². The van der Waals surface area contributed by atoms with Gasteiger partial charge in [-0.3, -0.25) is 0 Å². The normalized spacial score (nSPS) is 22.2. The summed E-state index contributed by atoms with van der Waals surface area (Å²) in [6, 6.07) is 0.131. The number of ether oxygens (including phenoxy) is 1. The highest BCUT2D eigenvalue weighted by atomic mass is 32.2. The van der Waals surface area contributed by atoms with Crippen molar-refractivity contribution in [2.75, 3.05) is 39.1 Å². The van der Waals surface area contributed by atoms with E-state index in [-0.39, 0.29) is 11.8 Å². The fourth-order valence-electron chi connectivity index (χ4n) is 2.36. The van der Waals surface area contributed by atoms with Crippen molar-refractivity contribution in [1.29, 1.82) is 0 Å². The Hall–Kier alpha value is -0.170. The van der Waals surface area contributed by atoms with Gasteiger partial charge in [-0.05, 0) is 25.8 Å². The van der Waals surface area contributed by atoms with E-state index in [1.54, 1.807) is 11.4 Å². The molecule has 1 aliphatic rings. The largest absolute Gasteiger partial charge is 0.385 e. The summed E-state index contributed by atoms with van der Waals surface area (Å²) >= 11 is 0. The standard InChI is InChI=1S/C12H26N2O3S/c1-3-13-11-12-7-4-5-8-14(12)18(15,16)10-6-9-17-2/h12-13H,3-11H2,1-2H3. The number of likely N-dealkylation sites (N-methyl/N-ethyl adjacent to an activating group) is 1. The molecule has 0 spiro atoms. The van der Waals surface area contributed by atoms with Gasteiger partial charge in [0.1, 0.15) is 0 Å². The molecule has 0 aliphatic carbocycles. The Kier molecular flexibility index (Phi) is 7.14. The Morgan fingerprint density at radius 2 is 2.17 bits per heavy atom. The fraction of sp³-hybridized carbons (Fsp3) is 1.00. The molecule has 0 saturated carbocycles. The van der Waals surface area contributed by atoms with Crippen LogP contribution >= 0.6 is 0 Å². The topological polar surface area (TPSA) is 58.6 Å². The van der Waals surface area contributed by atoms with E-state index in [9.17, 15) is 8.42 Å². The lowest BCUT2D eigenvalue weighted by Gasteiger charge is -2.34. The minimum Gasteiger partial charge on any atom is -0.385 e. The van der Waals surface area contributed by atoms with Gasteiger partial charge < -0.3 is 10.1 Å². The first-order valence-electron chi connectivity index (χ1n) is 6.81. The highest BCUT2D eigenvalue weighted by Crippen LogP contribution is 2.20. The van der Waals surface area contributed by atoms with Gasteiger partial charge in [0.2, 0.25) is 10.0 Å². The predicted octanol–water partition coefficient (Wildman–Crippen LogP) is 0.817. The van der Waals surface area contributed by atoms with Crippen LogP contribution in [-0.4, -0.2) is 57.9 Å². The average molecular weight is 278 g/mol. The molecule has 1 atom stereocenters. The van der Waals surface area contributed by atoms with E-state index in [1.165, 1.54) is 0 Å². The van der Waals surface area contributed by atoms with E-state index >= 15 is 0 Å². The summed E-state index contributed by atoms with van der Waals surface area (Å²) in [4.78, 5) is 0. The van der Waals surface area contributed by atoms with Crippen LogP contribution in [0.15, 0.2) is 0 Å². The third-order valence-electron chi connectivity index (χ3n) is 3.31. The summed E-state index contributed by atoms with van der Waals surface area (Å²) in [7, 11) is -1.52. The van der Waals surface area contributed by atoms with Crippen molar-refractivity contribution in [3.8, 4) is 0 Å². The van der Waals surface area contributed by atoms with Crippen LogP contribution in [0, 0.1) is 0 Å². The molecule has 5 nitrogen and oxygen atoms in total. The van der Waals surface area contributed by atoms with E-state index in [0.717, 1.165) is 32.4 Å². The zero-order chi connectivity index (χ0) is 13.4. The molecule has 0 aromatic carbocycles. The summed E-state index contributed by atoms with van der Waals surface area (Å²) in [5, 5.41) is 3.26. The van der Waals surface area contributed by atoms with Crippen molar-refractivity contribution in [3.05, 3.63) is 0 Å². The molecule has 1 N–H and O–H groups in total. The van der Waals surface area contributed by atoms with Crippen molar-refractivity contribution in [1.82, 2.24) is 9.62 Å². The van der Waals surface area contributed by atoms with E-state index in [1.807, 2.05) is 6.92 Å². The second kappa shape index (κ2) is 8.09. The van der Waals surface area contributed by atoms with Gasteiger partial charge in [-0.15, -0.1) is 0 Å². The van der Waals surface area contributed by atoms with Crippen LogP contribution in [0.3, 0.4) is 0 Å². The second-order valence-electron chi connectivity index (χ2n) is 4.73. The van der Waals surface area contributed by atoms with Gasteiger partial charge in [-0.1, -0.05) is 13.3 Å². The number of rotatable bonds is 8. The van der Waals surface area contributed by atoms with Crippen molar-refractivity contribution in [2.45, 2.75) is 38.6 Å². The fourth-order valence-corrected chi connectivity index (χ4v) is 4.12. The average Bonchev–Trinajstić information content (AvgIpc) is 2.37. The number of hydrogen-bond acceptors (Lipinski definition) is 4. The third kappa shape index (κ3) is 4.84. The lowest BCUT2D eigenvalue weighted by atomic mass is 10.1. The first-order valence-corrected chi connectivity index (χ1v) is 8.42. The minimum atomic E-state index is -3.12. The first kappa shape index (κ1) is 15.9. The first-order chi connectivity index (χ1) is 8.61. The number of sulfonamides is 1. The van der Waals surface area contributed by atoms with Crippen LogP contribution in [0.5, 0.6) is 0 Å². The summed E-state index contributed by atoms with van der Waals surface area (Å²) in [5.41, 5.74) is 0. The van der Waals surface area contributed by atoms with Gasteiger partial charge >= 0.3 is 0 Å². The van der Waals surface area contributed by atoms with E-state index in [2.05, 4.69) is 5.32 Å².